The number of carbonyl (C=O) groups is 3. The molecule has 0 unspecified atom stereocenters. The van der Waals surface area contributed by atoms with Gasteiger partial charge in [0, 0.05) is 36.8 Å². The summed E-state index contributed by atoms with van der Waals surface area (Å²) < 4.78 is 11.7. The molecule has 12 heteroatoms. The van der Waals surface area contributed by atoms with E-state index >= 15 is 0 Å². The molecular formula is C30H42ClN5O6. The molecule has 4 aliphatic rings. The van der Waals surface area contributed by atoms with E-state index in [1.54, 1.807) is 33.9 Å². The zero-order valence-corrected chi connectivity index (χ0v) is 25.0. The minimum atomic E-state index is -1.16. The van der Waals surface area contributed by atoms with E-state index in [-0.39, 0.29) is 31.6 Å². The van der Waals surface area contributed by atoms with Gasteiger partial charge in [0.05, 0.1) is 35.4 Å². The lowest BCUT2D eigenvalue weighted by Crippen LogP contribution is -2.54. The normalized spacial score (nSPS) is 27.9. The molecule has 11 nitrogen and oxygen atoms in total. The number of halogens is 1. The number of carboxylic acid groups (broad SMARTS) is 1. The second kappa shape index (κ2) is 12.7. The van der Waals surface area contributed by atoms with E-state index in [0.29, 0.717) is 55.4 Å². The summed E-state index contributed by atoms with van der Waals surface area (Å²) in [5, 5.41) is 12.4. The Morgan fingerprint density at radius 1 is 1.17 bits per heavy atom. The van der Waals surface area contributed by atoms with Crippen LogP contribution in [0.15, 0.2) is 23.5 Å². The Balaban J connectivity index is 1.52. The molecule has 2 saturated heterocycles. The first kappa shape index (κ1) is 30.4. The van der Waals surface area contributed by atoms with Crippen molar-refractivity contribution >= 4 is 29.4 Å². The fourth-order valence-electron chi connectivity index (χ4n) is 6.93. The Labute approximate surface area is 251 Å². The number of morpholine rings is 1. The van der Waals surface area contributed by atoms with E-state index < -0.39 is 23.3 Å². The number of aliphatic carboxylic acids is 1. The van der Waals surface area contributed by atoms with Crippen molar-refractivity contribution in [1.29, 1.82) is 0 Å². The van der Waals surface area contributed by atoms with Crippen LogP contribution < -0.4 is 16.3 Å². The highest BCUT2D eigenvalue weighted by Gasteiger charge is 2.50. The Kier molecular flexibility index (Phi) is 9.20. The fraction of sp³-hybridized carbons (Fsp3) is 0.633. The number of amides is 2. The number of hydrogen-bond donors (Lipinski definition) is 3. The van der Waals surface area contributed by atoms with Crippen molar-refractivity contribution in [2.45, 2.75) is 64.3 Å². The van der Waals surface area contributed by atoms with Crippen LogP contribution in [0.4, 0.5) is 0 Å². The summed E-state index contributed by atoms with van der Waals surface area (Å²) in [6, 6.07) is 2.99. The van der Waals surface area contributed by atoms with Crippen molar-refractivity contribution in [1.82, 2.24) is 14.8 Å². The summed E-state index contributed by atoms with van der Waals surface area (Å²) in [5.41, 5.74) is 8.29. The molecule has 3 fully saturated rings. The monoisotopic (exact) mass is 603 g/mol. The minimum absolute atomic E-state index is 0.0220. The van der Waals surface area contributed by atoms with Crippen LogP contribution in [-0.2, 0) is 25.5 Å². The van der Waals surface area contributed by atoms with Crippen LogP contribution in [0.2, 0.25) is 5.02 Å². The number of fused-ring (bicyclic) bond motifs is 1. The molecule has 42 heavy (non-hydrogen) atoms. The van der Waals surface area contributed by atoms with Crippen molar-refractivity contribution in [2.75, 3.05) is 46.0 Å². The topological polar surface area (TPSA) is 152 Å². The molecule has 3 atom stereocenters. The maximum absolute atomic E-state index is 14.3. The van der Waals surface area contributed by atoms with Crippen molar-refractivity contribution < 1.29 is 29.0 Å². The van der Waals surface area contributed by atoms with Crippen LogP contribution in [0.1, 0.15) is 69.0 Å². The van der Waals surface area contributed by atoms with Crippen LogP contribution in [0.25, 0.3) is 0 Å². The van der Waals surface area contributed by atoms with Crippen LogP contribution in [0.3, 0.4) is 0 Å². The molecule has 1 saturated carbocycles. The van der Waals surface area contributed by atoms with Gasteiger partial charge < -0.3 is 35.1 Å². The average Bonchev–Trinajstić information content (AvgIpc) is 2.98. The van der Waals surface area contributed by atoms with Gasteiger partial charge in [0.25, 0.3) is 0 Å². The lowest BCUT2D eigenvalue weighted by atomic mass is 9.66. The third-order valence-corrected chi connectivity index (χ3v) is 9.84. The number of benzene rings is 1. The summed E-state index contributed by atoms with van der Waals surface area (Å²) in [6.45, 7) is 3.88. The molecule has 1 aromatic rings. The summed E-state index contributed by atoms with van der Waals surface area (Å²) in [7, 11) is 0. The molecule has 0 spiro atoms. The number of nitrogens with two attached hydrogens (primary N) is 2. The number of rotatable bonds is 7. The van der Waals surface area contributed by atoms with Crippen molar-refractivity contribution in [3.8, 4) is 5.75 Å². The fourth-order valence-corrected chi connectivity index (χ4v) is 7.19. The predicted molar refractivity (Wildman–Crippen MR) is 156 cm³/mol. The van der Waals surface area contributed by atoms with E-state index in [4.69, 9.17) is 32.7 Å². The molecule has 3 heterocycles. The number of ether oxygens (including phenoxy) is 2. The predicted octanol–water partition coefficient (Wildman–Crippen LogP) is 2.81. The van der Waals surface area contributed by atoms with Crippen LogP contribution in [0.5, 0.6) is 5.75 Å². The first-order valence-corrected chi connectivity index (χ1v) is 15.3. The summed E-state index contributed by atoms with van der Waals surface area (Å²) in [6.07, 6.45) is 5.78. The number of hydrazine groups is 1. The number of carbonyl (C=O) groups excluding carboxylic acids is 2. The van der Waals surface area contributed by atoms with Gasteiger partial charge >= 0.3 is 5.97 Å². The Hall–Kier alpha value is -3.02. The van der Waals surface area contributed by atoms with E-state index in [9.17, 15) is 19.5 Å². The quantitative estimate of drug-likeness (QED) is 0.399. The van der Waals surface area contributed by atoms with Gasteiger partial charge in [-0.25, -0.2) is 5.84 Å². The molecule has 1 aromatic carbocycles. The highest BCUT2D eigenvalue weighted by Crippen LogP contribution is 2.46. The van der Waals surface area contributed by atoms with Crippen molar-refractivity contribution in [3.63, 3.8) is 0 Å². The van der Waals surface area contributed by atoms with Gasteiger partial charge in [0.1, 0.15) is 19.0 Å². The molecular weight excluding hydrogens is 562 g/mol. The Morgan fingerprint density at radius 3 is 2.71 bits per heavy atom. The SMILES string of the molecule is C[C@]1(C(=O)O)CCCC[C@H]1C(=O)N1CCc2c(Cl)ccc(OC/C(N)=C3\CCCCN3N)c2[C@H]1CN1CCOCC1=O. The van der Waals surface area contributed by atoms with Gasteiger partial charge in [0.15, 0.2) is 0 Å². The molecule has 0 radical (unpaired) electrons. The third-order valence-electron chi connectivity index (χ3n) is 9.49. The van der Waals surface area contributed by atoms with Crippen LogP contribution >= 0.6 is 11.6 Å². The minimum Gasteiger partial charge on any atom is -0.487 e. The number of piperidine rings is 1. The largest absolute Gasteiger partial charge is 0.487 e. The maximum Gasteiger partial charge on any atom is 0.310 e. The molecule has 230 valence electrons. The van der Waals surface area contributed by atoms with Crippen LogP contribution in [0, 0.1) is 11.3 Å². The first-order valence-electron chi connectivity index (χ1n) is 14.9. The third kappa shape index (κ3) is 5.91. The molecule has 2 amide bonds. The van der Waals surface area contributed by atoms with E-state index in [0.717, 1.165) is 55.5 Å². The van der Waals surface area contributed by atoms with Gasteiger partial charge in [-0.2, -0.15) is 0 Å². The molecule has 0 bridgehead atoms. The summed E-state index contributed by atoms with van der Waals surface area (Å²) in [4.78, 5) is 43.1. The van der Waals surface area contributed by atoms with Gasteiger partial charge in [-0.05, 0) is 63.1 Å². The highest BCUT2D eigenvalue weighted by atomic mass is 35.5. The molecule has 5 N–H and O–H groups in total. The molecule has 5 rings (SSSR count). The highest BCUT2D eigenvalue weighted by molar-refractivity contribution is 6.31. The molecule has 3 aliphatic heterocycles. The van der Waals surface area contributed by atoms with E-state index in [1.807, 2.05) is 0 Å². The van der Waals surface area contributed by atoms with Gasteiger partial charge in [0.2, 0.25) is 11.8 Å². The second-order valence-electron chi connectivity index (χ2n) is 12.1. The number of nitrogens with zero attached hydrogens (tertiary/aromatic N) is 3. The van der Waals surface area contributed by atoms with Crippen molar-refractivity contribution in [3.05, 3.63) is 39.7 Å². The molecule has 0 aromatic heterocycles. The maximum atomic E-state index is 14.3. The number of hydrogen-bond acceptors (Lipinski definition) is 8. The van der Waals surface area contributed by atoms with Crippen molar-refractivity contribution in [2.24, 2.45) is 22.9 Å². The lowest BCUT2D eigenvalue weighted by Gasteiger charge is -2.45. The zero-order chi connectivity index (χ0) is 30.0. The van der Waals surface area contributed by atoms with E-state index in [2.05, 4.69) is 0 Å². The van der Waals surface area contributed by atoms with E-state index in [1.165, 1.54) is 0 Å². The zero-order valence-electron chi connectivity index (χ0n) is 24.3. The lowest BCUT2D eigenvalue weighted by molar-refractivity contribution is -0.163. The standard InChI is InChI=1S/C30H42ClN5O6/c1-30(29(39)40)11-4-2-6-20(30)28(38)35-13-10-19-21(31)8-9-25(42-17-22(32)23-7-3-5-12-36(23)33)27(19)24(35)16-34-14-15-41-18-26(34)37/h8-9,20,24H,2-7,10-18,32-33H2,1H3,(H,39,40)/b23-22-/t20-,24+,30-/m0/s1. The Bertz CT molecular complexity index is 1260. The van der Waals surface area contributed by atoms with Gasteiger partial charge in [-0.3, -0.25) is 14.4 Å². The smallest absolute Gasteiger partial charge is 0.310 e. The number of carboxylic acids is 1. The van der Waals surface area contributed by atoms with Crippen LogP contribution in [-0.4, -0.2) is 83.7 Å². The summed E-state index contributed by atoms with van der Waals surface area (Å²) in [5.74, 6) is 4.72. The first-order chi connectivity index (χ1) is 20.1. The van der Waals surface area contributed by atoms with Gasteiger partial charge in [-0.1, -0.05) is 24.4 Å². The summed E-state index contributed by atoms with van der Waals surface area (Å²) >= 11 is 6.72. The van der Waals surface area contributed by atoms with Gasteiger partial charge in [-0.15, -0.1) is 0 Å². The average molecular weight is 604 g/mol. The number of allylic oxidation sites excluding steroid dienone is 1. The second-order valence-corrected chi connectivity index (χ2v) is 12.5. The molecule has 1 aliphatic carbocycles. The Morgan fingerprint density at radius 2 is 1.98 bits per heavy atom.